The first-order valence-corrected chi connectivity index (χ1v) is 8.18. The van der Waals surface area contributed by atoms with E-state index >= 15 is 0 Å². The van der Waals surface area contributed by atoms with Crippen molar-refractivity contribution in [2.24, 2.45) is 0 Å². The molecule has 2 rings (SSSR count). The first-order chi connectivity index (χ1) is 11.7. The molecule has 6 heteroatoms. The van der Waals surface area contributed by atoms with Crippen molar-refractivity contribution in [2.45, 2.75) is 46.3 Å². The maximum Gasteiger partial charge on any atom is 0.311 e. The minimum atomic E-state index is -0.564. The summed E-state index contributed by atoms with van der Waals surface area (Å²) in [6.07, 6.45) is 0.778. The van der Waals surface area contributed by atoms with Gasteiger partial charge in [-0.1, -0.05) is 19.1 Å². The van der Waals surface area contributed by atoms with Crippen molar-refractivity contribution in [3.63, 3.8) is 0 Å². The number of nitro groups is 1. The molecular formula is C19H23FN2O3. The quantitative estimate of drug-likeness (QED) is 0.585. The Labute approximate surface area is 147 Å². The maximum atomic E-state index is 14.1. The number of benzene rings is 2. The van der Waals surface area contributed by atoms with Crippen molar-refractivity contribution in [1.29, 1.82) is 0 Å². The highest BCUT2D eigenvalue weighted by Crippen LogP contribution is 2.33. The first kappa shape index (κ1) is 18.7. The smallest absolute Gasteiger partial charge is 0.311 e. The molecule has 0 bridgehead atoms. The molecule has 25 heavy (non-hydrogen) atoms. The molecule has 0 unspecified atom stereocenters. The molecule has 134 valence electrons. The summed E-state index contributed by atoms with van der Waals surface area (Å²) >= 11 is 0. The number of halogens is 1. The van der Waals surface area contributed by atoms with Gasteiger partial charge in [0.1, 0.15) is 11.4 Å². The van der Waals surface area contributed by atoms with Crippen molar-refractivity contribution < 1.29 is 14.1 Å². The Morgan fingerprint density at radius 1 is 1.20 bits per heavy atom. The number of ether oxygens (including phenoxy) is 1. The van der Waals surface area contributed by atoms with Crippen molar-refractivity contribution in [2.75, 3.05) is 5.32 Å². The van der Waals surface area contributed by atoms with Crippen LogP contribution in [-0.4, -0.2) is 10.5 Å². The van der Waals surface area contributed by atoms with Crippen LogP contribution >= 0.6 is 0 Å². The third-order valence-corrected chi connectivity index (χ3v) is 3.58. The Morgan fingerprint density at radius 3 is 2.48 bits per heavy atom. The van der Waals surface area contributed by atoms with Gasteiger partial charge in [-0.25, -0.2) is 4.39 Å². The molecule has 0 aromatic heterocycles. The van der Waals surface area contributed by atoms with E-state index in [1.807, 2.05) is 33.8 Å². The normalized spacial score (nSPS) is 11.2. The van der Waals surface area contributed by atoms with E-state index in [1.54, 1.807) is 18.2 Å². The van der Waals surface area contributed by atoms with Gasteiger partial charge in [-0.3, -0.25) is 10.1 Å². The monoisotopic (exact) mass is 346 g/mol. The molecular weight excluding hydrogens is 323 g/mol. The summed E-state index contributed by atoms with van der Waals surface area (Å²) in [5, 5.41) is 14.2. The Hall–Kier alpha value is -2.63. The number of anilines is 1. The van der Waals surface area contributed by atoms with Crippen LogP contribution in [0.4, 0.5) is 15.8 Å². The van der Waals surface area contributed by atoms with Crippen molar-refractivity contribution in [3.8, 4) is 5.75 Å². The zero-order chi connectivity index (χ0) is 18.6. The van der Waals surface area contributed by atoms with Gasteiger partial charge in [0.15, 0.2) is 5.75 Å². The van der Waals surface area contributed by atoms with Crippen LogP contribution < -0.4 is 10.1 Å². The number of hydrogen-bond acceptors (Lipinski definition) is 4. The SMILES string of the molecule is CCc1ccc(CNc2ccc([N+](=O)[O-])c(OC(C)(C)C)c2)c(F)c1. The fourth-order valence-corrected chi connectivity index (χ4v) is 2.34. The third-order valence-electron chi connectivity index (χ3n) is 3.58. The van der Waals surface area contributed by atoms with Gasteiger partial charge in [-0.2, -0.15) is 0 Å². The van der Waals surface area contributed by atoms with E-state index in [9.17, 15) is 14.5 Å². The highest BCUT2D eigenvalue weighted by molar-refractivity contribution is 5.58. The zero-order valence-corrected chi connectivity index (χ0v) is 14.9. The molecule has 2 aromatic carbocycles. The molecule has 1 N–H and O–H groups in total. The van der Waals surface area contributed by atoms with Gasteiger partial charge in [0.05, 0.1) is 4.92 Å². The minimum Gasteiger partial charge on any atom is -0.481 e. The Morgan fingerprint density at radius 2 is 1.92 bits per heavy atom. The minimum absolute atomic E-state index is 0.0982. The van der Waals surface area contributed by atoms with Crippen LogP contribution in [-0.2, 0) is 13.0 Å². The summed E-state index contributed by atoms with van der Waals surface area (Å²) < 4.78 is 19.7. The Bertz CT molecular complexity index is 770. The fraction of sp³-hybridized carbons (Fsp3) is 0.368. The van der Waals surface area contributed by atoms with Crippen molar-refractivity contribution in [3.05, 3.63) is 63.5 Å². The van der Waals surface area contributed by atoms with E-state index < -0.39 is 10.5 Å². The molecule has 0 saturated heterocycles. The number of aryl methyl sites for hydroxylation is 1. The average Bonchev–Trinajstić information content (AvgIpc) is 2.52. The Balaban J connectivity index is 2.20. The summed E-state index contributed by atoms with van der Waals surface area (Å²) in [6, 6.07) is 9.72. The molecule has 0 aliphatic carbocycles. The van der Waals surface area contributed by atoms with Crippen LogP contribution in [0.5, 0.6) is 5.75 Å². The standard InChI is InChI=1S/C19H23FN2O3/c1-5-13-6-7-14(16(20)10-13)12-21-15-8-9-17(22(23)24)18(11-15)25-19(2,3)4/h6-11,21H,5,12H2,1-4H3. The second kappa shape index (κ2) is 7.51. The van der Waals surface area contributed by atoms with Gasteiger partial charge < -0.3 is 10.1 Å². The van der Waals surface area contributed by atoms with E-state index in [4.69, 9.17) is 4.74 Å². The molecule has 0 amide bonds. The molecule has 0 spiro atoms. The Kier molecular flexibility index (Phi) is 5.62. The second-order valence-corrected chi connectivity index (χ2v) is 6.79. The molecule has 2 aromatic rings. The number of nitro benzene ring substituents is 1. The zero-order valence-electron chi connectivity index (χ0n) is 14.9. The number of nitrogens with one attached hydrogen (secondary N) is 1. The van der Waals surface area contributed by atoms with Crippen LogP contribution in [0.25, 0.3) is 0 Å². The van der Waals surface area contributed by atoms with Gasteiger partial charge in [0.25, 0.3) is 0 Å². The summed E-state index contributed by atoms with van der Waals surface area (Å²) in [5.41, 5.74) is 1.44. The maximum absolute atomic E-state index is 14.1. The average molecular weight is 346 g/mol. The van der Waals surface area contributed by atoms with Crippen LogP contribution in [0.15, 0.2) is 36.4 Å². The van der Waals surface area contributed by atoms with Gasteiger partial charge in [0, 0.05) is 29.9 Å². The number of hydrogen-bond donors (Lipinski definition) is 1. The van der Waals surface area contributed by atoms with Crippen molar-refractivity contribution in [1.82, 2.24) is 0 Å². The van der Waals surface area contributed by atoms with Crippen LogP contribution in [0.1, 0.15) is 38.8 Å². The van der Waals surface area contributed by atoms with Gasteiger partial charge in [0.2, 0.25) is 0 Å². The molecule has 0 aliphatic heterocycles. The largest absolute Gasteiger partial charge is 0.481 e. The molecule has 5 nitrogen and oxygen atoms in total. The highest BCUT2D eigenvalue weighted by Gasteiger charge is 2.21. The lowest BCUT2D eigenvalue weighted by Crippen LogP contribution is -2.23. The predicted molar refractivity (Wildman–Crippen MR) is 96.6 cm³/mol. The van der Waals surface area contributed by atoms with E-state index in [1.165, 1.54) is 12.1 Å². The fourth-order valence-electron chi connectivity index (χ4n) is 2.34. The van der Waals surface area contributed by atoms with Crippen LogP contribution in [0.3, 0.4) is 0 Å². The van der Waals surface area contributed by atoms with Gasteiger partial charge in [-0.05, 0) is 44.9 Å². The van der Waals surface area contributed by atoms with Gasteiger partial charge in [-0.15, -0.1) is 0 Å². The summed E-state index contributed by atoms with van der Waals surface area (Å²) in [7, 11) is 0. The summed E-state index contributed by atoms with van der Waals surface area (Å²) in [5.74, 6) is -0.0794. The lowest BCUT2D eigenvalue weighted by molar-refractivity contribution is -0.386. The topological polar surface area (TPSA) is 64.4 Å². The molecule has 0 fully saturated rings. The number of nitrogens with zero attached hydrogens (tertiary/aromatic N) is 1. The molecule has 0 aliphatic rings. The molecule has 0 radical (unpaired) electrons. The van der Waals surface area contributed by atoms with Crippen LogP contribution in [0, 0.1) is 15.9 Å². The van der Waals surface area contributed by atoms with E-state index in [0.717, 1.165) is 12.0 Å². The number of rotatable bonds is 6. The summed E-state index contributed by atoms with van der Waals surface area (Å²) in [6.45, 7) is 7.72. The summed E-state index contributed by atoms with van der Waals surface area (Å²) in [4.78, 5) is 10.7. The predicted octanol–water partition coefficient (Wildman–Crippen LogP) is 5.09. The third kappa shape index (κ3) is 5.17. The lowest BCUT2D eigenvalue weighted by Gasteiger charge is -2.21. The van der Waals surface area contributed by atoms with E-state index in [-0.39, 0.29) is 23.8 Å². The van der Waals surface area contributed by atoms with E-state index in [2.05, 4.69) is 5.32 Å². The molecule has 0 heterocycles. The first-order valence-electron chi connectivity index (χ1n) is 8.18. The lowest BCUT2D eigenvalue weighted by atomic mass is 10.1. The highest BCUT2D eigenvalue weighted by atomic mass is 19.1. The van der Waals surface area contributed by atoms with Gasteiger partial charge >= 0.3 is 5.69 Å². The van der Waals surface area contributed by atoms with Crippen LogP contribution in [0.2, 0.25) is 0 Å². The molecule has 0 atom stereocenters. The second-order valence-electron chi connectivity index (χ2n) is 6.79. The van der Waals surface area contributed by atoms with E-state index in [0.29, 0.717) is 11.3 Å². The van der Waals surface area contributed by atoms with Crippen molar-refractivity contribution >= 4 is 11.4 Å². The molecule has 0 saturated carbocycles.